The van der Waals surface area contributed by atoms with Crippen LogP contribution in [0.5, 0.6) is 5.75 Å². The lowest BCUT2D eigenvalue weighted by molar-refractivity contribution is 0.474. The summed E-state index contributed by atoms with van der Waals surface area (Å²) in [4.78, 5) is 0. The number of nitrogens with zero attached hydrogens (tertiary/aromatic N) is 2. The highest BCUT2D eigenvalue weighted by Crippen LogP contribution is 2.22. The van der Waals surface area contributed by atoms with Crippen LogP contribution >= 0.6 is 11.6 Å². The van der Waals surface area contributed by atoms with Crippen molar-refractivity contribution in [2.75, 3.05) is 0 Å². The van der Waals surface area contributed by atoms with Crippen molar-refractivity contribution in [3.05, 3.63) is 47.0 Å². The molecule has 0 fully saturated rings. The molecule has 1 N–H and O–H groups in total. The molecule has 2 aromatic rings. The summed E-state index contributed by atoms with van der Waals surface area (Å²) >= 11 is 5.74. The summed E-state index contributed by atoms with van der Waals surface area (Å²) in [6, 6.07) is 6.35. The van der Waals surface area contributed by atoms with Crippen molar-refractivity contribution in [3.63, 3.8) is 0 Å². The maximum atomic E-state index is 13.3. The first-order chi connectivity index (χ1) is 7.18. The van der Waals surface area contributed by atoms with Crippen molar-refractivity contribution in [2.24, 2.45) is 0 Å². The molecule has 0 spiro atoms. The second kappa shape index (κ2) is 3.90. The third-order valence-electron chi connectivity index (χ3n) is 2.04. The highest BCUT2D eigenvalue weighted by Gasteiger charge is 2.09. The molecule has 0 aliphatic rings. The zero-order valence-corrected chi connectivity index (χ0v) is 8.45. The van der Waals surface area contributed by atoms with Gasteiger partial charge in [-0.3, -0.25) is 0 Å². The smallest absolute Gasteiger partial charge is 0.173 e. The van der Waals surface area contributed by atoms with Crippen molar-refractivity contribution in [3.8, 4) is 5.75 Å². The first-order valence-electron chi connectivity index (χ1n) is 4.32. The zero-order chi connectivity index (χ0) is 10.8. The van der Waals surface area contributed by atoms with Crippen LogP contribution in [0.1, 0.15) is 5.56 Å². The Labute approximate surface area is 90.7 Å². The van der Waals surface area contributed by atoms with Gasteiger partial charge in [0.25, 0.3) is 0 Å². The van der Waals surface area contributed by atoms with Gasteiger partial charge in [0.05, 0.1) is 12.7 Å². The molecule has 0 atom stereocenters. The molecule has 1 aromatic carbocycles. The second-order valence-electron chi connectivity index (χ2n) is 3.07. The minimum atomic E-state index is -0.316. The standard InChI is InChI=1S/C10H8ClFN2O/c11-10-9(15)5-13-14(10)6-7-3-1-2-4-8(7)12/h1-5,15H,6H2. The van der Waals surface area contributed by atoms with Crippen LogP contribution < -0.4 is 0 Å². The molecule has 5 heteroatoms. The lowest BCUT2D eigenvalue weighted by Crippen LogP contribution is -2.03. The quantitative estimate of drug-likeness (QED) is 0.854. The van der Waals surface area contributed by atoms with Crippen LogP contribution in [0.2, 0.25) is 5.15 Å². The molecule has 78 valence electrons. The first kappa shape index (κ1) is 9.98. The van der Waals surface area contributed by atoms with Crippen molar-refractivity contribution in [2.45, 2.75) is 6.54 Å². The molecule has 1 aromatic heterocycles. The summed E-state index contributed by atoms with van der Waals surface area (Å²) < 4.78 is 14.6. The van der Waals surface area contributed by atoms with Crippen molar-refractivity contribution < 1.29 is 9.50 Å². The lowest BCUT2D eigenvalue weighted by atomic mass is 10.2. The van der Waals surface area contributed by atoms with E-state index in [0.717, 1.165) is 0 Å². The Bertz CT molecular complexity index is 484. The van der Waals surface area contributed by atoms with Gasteiger partial charge in [0.15, 0.2) is 10.9 Å². The summed E-state index contributed by atoms with van der Waals surface area (Å²) in [7, 11) is 0. The average Bonchev–Trinajstić information content (AvgIpc) is 2.53. The minimum absolute atomic E-state index is 0.104. The molecule has 0 radical (unpaired) electrons. The van der Waals surface area contributed by atoms with E-state index in [9.17, 15) is 9.50 Å². The third-order valence-corrected chi connectivity index (χ3v) is 2.42. The predicted molar refractivity (Wildman–Crippen MR) is 54.4 cm³/mol. The van der Waals surface area contributed by atoms with Gasteiger partial charge in [-0.2, -0.15) is 5.10 Å². The summed E-state index contributed by atoms with van der Waals surface area (Å²) in [6.45, 7) is 0.200. The molecule has 0 amide bonds. The van der Waals surface area contributed by atoms with Gasteiger partial charge >= 0.3 is 0 Å². The average molecular weight is 227 g/mol. The fourth-order valence-corrected chi connectivity index (χ4v) is 1.41. The van der Waals surface area contributed by atoms with E-state index >= 15 is 0 Å². The maximum Gasteiger partial charge on any atom is 0.173 e. The van der Waals surface area contributed by atoms with E-state index in [0.29, 0.717) is 5.56 Å². The Kier molecular flexibility index (Phi) is 2.60. The number of aromatic nitrogens is 2. The van der Waals surface area contributed by atoms with Crippen LogP contribution in [0.3, 0.4) is 0 Å². The highest BCUT2D eigenvalue weighted by molar-refractivity contribution is 6.30. The summed E-state index contributed by atoms with van der Waals surface area (Å²) in [5, 5.41) is 13.1. The Hall–Kier alpha value is -1.55. The molecule has 0 bridgehead atoms. The number of halogens is 2. The van der Waals surface area contributed by atoms with Gasteiger partial charge in [-0.05, 0) is 6.07 Å². The van der Waals surface area contributed by atoms with Crippen molar-refractivity contribution in [1.82, 2.24) is 9.78 Å². The van der Waals surface area contributed by atoms with E-state index in [1.54, 1.807) is 18.2 Å². The number of benzene rings is 1. The fourth-order valence-electron chi connectivity index (χ4n) is 1.26. The number of aromatic hydroxyl groups is 1. The molecule has 0 unspecified atom stereocenters. The number of hydrogen-bond donors (Lipinski definition) is 1. The molecule has 1 heterocycles. The summed E-state index contributed by atoms with van der Waals surface area (Å²) in [5.41, 5.74) is 0.475. The van der Waals surface area contributed by atoms with Gasteiger partial charge in [0.1, 0.15) is 5.82 Å². The van der Waals surface area contributed by atoms with E-state index in [-0.39, 0.29) is 23.3 Å². The normalized spacial score (nSPS) is 10.5. The first-order valence-corrected chi connectivity index (χ1v) is 4.70. The molecule has 2 rings (SSSR count). The van der Waals surface area contributed by atoms with Gasteiger partial charge < -0.3 is 5.11 Å². The topological polar surface area (TPSA) is 38.1 Å². The molecule has 3 nitrogen and oxygen atoms in total. The maximum absolute atomic E-state index is 13.3. The predicted octanol–water partition coefficient (Wildman–Crippen LogP) is 2.43. The van der Waals surface area contributed by atoms with Crippen LogP contribution in [0.25, 0.3) is 0 Å². The summed E-state index contributed by atoms with van der Waals surface area (Å²) in [6.07, 6.45) is 1.23. The molecule has 0 saturated heterocycles. The van der Waals surface area contributed by atoms with Crippen LogP contribution in [0.15, 0.2) is 30.5 Å². The number of rotatable bonds is 2. The van der Waals surface area contributed by atoms with E-state index < -0.39 is 0 Å². The van der Waals surface area contributed by atoms with Gasteiger partial charge in [-0.25, -0.2) is 9.07 Å². The van der Waals surface area contributed by atoms with Gasteiger partial charge in [-0.15, -0.1) is 0 Å². The Morgan fingerprint density at radius 2 is 2.13 bits per heavy atom. The van der Waals surface area contributed by atoms with Crippen LogP contribution in [-0.4, -0.2) is 14.9 Å². The third kappa shape index (κ3) is 1.94. The number of hydrogen-bond acceptors (Lipinski definition) is 2. The van der Waals surface area contributed by atoms with E-state index in [1.807, 2.05) is 0 Å². The van der Waals surface area contributed by atoms with Crippen molar-refractivity contribution >= 4 is 11.6 Å². The molecule has 15 heavy (non-hydrogen) atoms. The Morgan fingerprint density at radius 1 is 1.40 bits per heavy atom. The fraction of sp³-hybridized carbons (Fsp3) is 0.100. The molecule has 0 aliphatic carbocycles. The Balaban J connectivity index is 2.30. The van der Waals surface area contributed by atoms with Gasteiger partial charge in [0.2, 0.25) is 0 Å². The SMILES string of the molecule is Oc1cnn(Cc2ccccc2F)c1Cl. The highest BCUT2D eigenvalue weighted by atomic mass is 35.5. The molecule has 0 saturated carbocycles. The van der Waals surface area contributed by atoms with Crippen LogP contribution in [-0.2, 0) is 6.54 Å². The summed E-state index contributed by atoms with van der Waals surface area (Å²) in [5.74, 6) is -0.420. The van der Waals surface area contributed by atoms with Crippen molar-refractivity contribution in [1.29, 1.82) is 0 Å². The van der Waals surface area contributed by atoms with E-state index in [1.165, 1.54) is 16.9 Å². The zero-order valence-electron chi connectivity index (χ0n) is 7.69. The molecular formula is C10H8ClFN2O. The lowest BCUT2D eigenvalue weighted by Gasteiger charge is -2.04. The van der Waals surface area contributed by atoms with E-state index in [2.05, 4.69) is 5.10 Å². The molecular weight excluding hydrogens is 219 g/mol. The monoisotopic (exact) mass is 226 g/mol. The van der Waals surface area contributed by atoms with Gasteiger partial charge in [-0.1, -0.05) is 29.8 Å². The van der Waals surface area contributed by atoms with Crippen LogP contribution in [0.4, 0.5) is 4.39 Å². The van der Waals surface area contributed by atoms with Gasteiger partial charge in [0, 0.05) is 5.56 Å². The van der Waals surface area contributed by atoms with Crippen LogP contribution in [0, 0.1) is 5.82 Å². The largest absolute Gasteiger partial charge is 0.504 e. The Morgan fingerprint density at radius 3 is 2.73 bits per heavy atom. The second-order valence-corrected chi connectivity index (χ2v) is 3.43. The van der Waals surface area contributed by atoms with E-state index in [4.69, 9.17) is 11.6 Å². The minimum Gasteiger partial charge on any atom is -0.504 e. The molecule has 0 aliphatic heterocycles.